The Kier molecular flexibility index (Phi) is 13.9. The van der Waals surface area contributed by atoms with Crippen molar-refractivity contribution in [1.29, 1.82) is 0 Å². The number of esters is 1. The highest BCUT2D eigenvalue weighted by Crippen LogP contribution is 2.26. The maximum Gasteiger partial charge on any atom is 0.306 e. The van der Waals surface area contributed by atoms with E-state index in [0.717, 1.165) is 34.1 Å². The van der Waals surface area contributed by atoms with Gasteiger partial charge >= 0.3 is 5.97 Å². The van der Waals surface area contributed by atoms with Gasteiger partial charge in [0.1, 0.15) is 19.0 Å². The zero-order chi connectivity index (χ0) is 24.4. The van der Waals surface area contributed by atoms with E-state index >= 15 is 0 Å². The van der Waals surface area contributed by atoms with Gasteiger partial charge in [0.25, 0.3) is 6.47 Å². The average Bonchev–Trinajstić information content (AvgIpc) is 2.86. The lowest BCUT2D eigenvalue weighted by Crippen LogP contribution is -2.13. The Bertz CT molecular complexity index is 857. The Morgan fingerprint density at radius 3 is 2.47 bits per heavy atom. The number of rotatable bonds is 17. The van der Waals surface area contributed by atoms with Crippen LogP contribution in [0.2, 0.25) is 0 Å². The Morgan fingerprint density at radius 1 is 1.00 bits per heavy atom. The molecule has 6 nitrogen and oxygen atoms in total. The molecule has 2 aromatic carbocycles. The summed E-state index contributed by atoms with van der Waals surface area (Å²) in [6.45, 7) is 3.67. The fourth-order valence-corrected chi connectivity index (χ4v) is 4.71. The molecule has 0 unspecified atom stereocenters. The largest absolute Gasteiger partial charge is 0.494 e. The number of carbonyl (C=O) groups excluding carboxylic acids is 3. The van der Waals surface area contributed by atoms with Crippen LogP contribution < -0.4 is 4.74 Å². The van der Waals surface area contributed by atoms with Crippen molar-refractivity contribution in [2.45, 2.75) is 44.1 Å². The fraction of sp³-hybridized carbons (Fsp3) is 0.423. The van der Waals surface area contributed by atoms with Crippen LogP contribution in [0.4, 0.5) is 0 Å². The smallest absolute Gasteiger partial charge is 0.306 e. The van der Waals surface area contributed by atoms with Gasteiger partial charge in [0.05, 0.1) is 6.61 Å². The molecule has 0 radical (unpaired) electrons. The summed E-state index contributed by atoms with van der Waals surface area (Å²) in [7, 11) is 0. The van der Waals surface area contributed by atoms with Crippen LogP contribution in [0.25, 0.3) is 0 Å². The van der Waals surface area contributed by atoms with Gasteiger partial charge in [-0.3, -0.25) is 14.4 Å². The third kappa shape index (κ3) is 11.6. The number of hydrogen-bond donors (Lipinski definition) is 0. The molecule has 0 aliphatic rings. The maximum absolute atomic E-state index is 12.5. The average molecular weight is 505 g/mol. The van der Waals surface area contributed by atoms with E-state index in [4.69, 9.17) is 9.47 Å². The Morgan fingerprint density at radius 2 is 1.76 bits per heavy atom. The number of carbonyl (C=O) groups is 3. The van der Waals surface area contributed by atoms with E-state index in [9.17, 15) is 14.4 Å². The van der Waals surface area contributed by atoms with Crippen molar-refractivity contribution in [3.63, 3.8) is 0 Å². The van der Waals surface area contributed by atoms with Crippen LogP contribution in [0.1, 0.15) is 38.2 Å². The highest BCUT2D eigenvalue weighted by Gasteiger charge is 2.19. The molecule has 0 saturated heterocycles. The number of ether oxygens (including phenoxy) is 3. The summed E-state index contributed by atoms with van der Waals surface area (Å²) in [4.78, 5) is 35.7. The Balaban J connectivity index is 1.61. The van der Waals surface area contributed by atoms with Gasteiger partial charge in [0.2, 0.25) is 0 Å². The molecule has 0 heterocycles. The van der Waals surface area contributed by atoms with Crippen LogP contribution in [-0.4, -0.2) is 42.3 Å². The topological polar surface area (TPSA) is 78.9 Å². The van der Waals surface area contributed by atoms with E-state index in [2.05, 4.69) is 4.74 Å². The molecule has 0 bridgehead atoms. The molecule has 0 aliphatic heterocycles. The number of hydrogen-bond acceptors (Lipinski definition) is 8. The summed E-state index contributed by atoms with van der Waals surface area (Å²) in [6.07, 6.45) is 2.31. The van der Waals surface area contributed by atoms with Crippen molar-refractivity contribution >= 4 is 41.1 Å². The molecule has 0 spiro atoms. The van der Waals surface area contributed by atoms with Gasteiger partial charge in [-0.2, -0.15) is 11.8 Å². The highest BCUT2D eigenvalue weighted by molar-refractivity contribution is 8.13. The van der Waals surface area contributed by atoms with Crippen LogP contribution in [0.15, 0.2) is 59.5 Å². The number of thioether (sulfide) groups is 2. The van der Waals surface area contributed by atoms with Crippen molar-refractivity contribution in [1.82, 2.24) is 0 Å². The second-order valence-electron chi connectivity index (χ2n) is 7.46. The van der Waals surface area contributed by atoms with Crippen molar-refractivity contribution in [2.24, 2.45) is 5.92 Å². The van der Waals surface area contributed by atoms with Gasteiger partial charge in [-0.05, 0) is 54.8 Å². The lowest BCUT2D eigenvalue weighted by atomic mass is 10.0. The summed E-state index contributed by atoms with van der Waals surface area (Å²) in [5, 5.41) is 0.0857. The van der Waals surface area contributed by atoms with Gasteiger partial charge in [0, 0.05) is 23.0 Å². The second kappa shape index (κ2) is 17.1. The summed E-state index contributed by atoms with van der Waals surface area (Å²) in [6, 6.07) is 17.0. The third-order valence-corrected chi connectivity index (χ3v) is 7.00. The van der Waals surface area contributed by atoms with Crippen molar-refractivity contribution < 1.29 is 28.6 Å². The molecule has 0 N–H and O–H groups in total. The molecule has 1 atom stereocenters. The van der Waals surface area contributed by atoms with Crippen molar-refractivity contribution in [3.8, 4) is 5.75 Å². The second-order valence-corrected chi connectivity index (χ2v) is 9.77. The zero-order valence-electron chi connectivity index (χ0n) is 19.5. The summed E-state index contributed by atoms with van der Waals surface area (Å²) in [5.41, 5.74) is 0.884. The van der Waals surface area contributed by atoms with Gasteiger partial charge < -0.3 is 14.2 Å². The molecule has 0 saturated carbocycles. The molecule has 0 aliphatic carbocycles. The van der Waals surface area contributed by atoms with Gasteiger partial charge in [-0.25, -0.2) is 0 Å². The van der Waals surface area contributed by atoms with Crippen LogP contribution in [-0.2, 0) is 30.5 Å². The molecule has 0 amide bonds. The fourth-order valence-electron chi connectivity index (χ4n) is 2.99. The first-order valence-corrected chi connectivity index (χ1v) is 13.4. The first kappa shape index (κ1) is 27.8. The molecule has 184 valence electrons. The molecular weight excluding hydrogens is 472 g/mol. The van der Waals surface area contributed by atoms with E-state index in [1.807, 2.05) is 61.5 Å². The SMILES string of the molecule is CC[C@@H](CCC(=O)OCc1ccc(OCCCSCCOC=O)cc1)C(=O)Sc1ccccc1. The van der Waals surface area contributed by atoms with Crippen molar-refractivity contribution in [3.05, 3.63) is 60.2 Å². The van der Waals surface area contributed by atoms with Crippen LogP contribution in [0.3, 0.4) is 0 Å². The quantitative estimate of drug-likeness (QED) is 0.120. The third-order valence-electron chi connectivity index (χ3n) is 4.92. The predicted octanol–water partition coefficient (Wildman–Crippen LogP) is 5.53. The monoisotopic (exact) mass is 504 g/mol. The van der Waals surface area contributed by atoms with E-state index in [0.29, 0.717) is 32.5 Å². The van der Waals surface area contributed by atoms with Crippen molar-refractivity contribution in [2.75, 3.05) is 24.7 Å². The van der Waals surface area contributed by atoms with Crippen LogP contribution in [0.5, 0.6) is 5.75 Å². The minimum absolute atomic E-state index is 0.0857. The molecular formula is C26H32O6S2. The molecule has 34 heavy (non-hydrogen) atoms. The summed E-state index contributed by atoms with van der Waals surface area (Å²) >= 11 is 2.95. The maximum atomic E-state index is 12.5. The standard InChI is InChI=1S/C26H32O6S2/c1-2-22(26(29)34-24-7-4-3-5-8-24)11-14-25(28)32-19-21-9-12-23(13-10-21)31-15-6-17-33-18-16-30-20-27/h3-5,7-10,12-13,20,22H,2,6,11,14-19H2,1H3/t22-/m0/s1. The molecule has 2 aromatic rings. The normalized spacial score (nSPS) is 11.4. The molecule has 0 fully saturated rings. The Labute approximate surface area is 210 Å². The highest BCUT2D eigenvalue weighted by atomic mass is 32.2. The predicted molar refractivity (Wildman–Crippen MR) is 136 cm³/mol. The van der Waals surface area contributed by atoms with Gasteiger partial charge in [-0.15, -0.1) is 0 Å². The lowest BCUT2D eigenvalue weighted by molar-refractivity contribution is -0.145. The lowest BCUT2D eigenvalue weighted by Gasteiger charge is -2.13. The molecule has 8 heteroatoms. The van der Waals surface area contributed by atoms with E-state index in [1.165, 1.54) is 11.8 Å². The molecule has 2 rings (SSSR count). The Hall–Kier alpha value is -2.45. The van der Waals surface area contributed by atoms with Gasteiger partial charge in [0.15, 0.2) is 5.12 Å². The first-order valence-electron chi connectivity index (χ1n) is 11.4. The number of benzene rings is 2. The van der Waals surface area contributed by atoms with E-state index in [-0.39, 0.29) is 30.0 Å². The minimum Gasteiger partial charge on any atom is -0.494 e. The van der Waals surface area contributed by atoms with E-state index < -0.39 is 0 Å². The summed E-state index contributed by atoms with van der Waals surface area (Å²) < 4.78 is 15.7. The minimum atomic E-state index is -0.299. The molecule has 0 aromatic heterocycles. The van der Waals surface area contributed by atoms with Gasteiger partial charge in [-0.1, -0.05) is 49.0 Å². The van der Waals surface area contributed by atoms with Crippen LogP contribution in [0, 0.1) is 5.92 Å². The van der Waals surface area contributed by atoms with Crippen LogP contribution >= 0.6 is 23.5 Å². The zero-order valence-corrected chi connectivity index (χ0v) is 21.1. The van der Waals surface area contributed by atoms with E-state index in [1.54, 1.807) is 11.8 Å². The summed E-state index contributed by atoms with van der Waals surface area (Å²) in [5.74, 6) is 2.02. The first-order chi connectivity index (χ1) is 16.6.